The number of hydrogen-bond acceptors (Lipinski definition) is 7. The van der Waals surface area contributed by atoms with Crippen LogP contribution in [-0.4, -0.2) is 30.2 Å². The molecular weight excluding hydrogens is 491 g/mol. The first kappa shape index (κ1) is 24.1. The number of hydrogen-bond donors (Lipinski definition) is 2. The average molecular weight is 515 g/mol. The van der Waals surface area contributed by atoms with Crippen molar-refractivity contribution >= 4 is 61.9 Å². The number of benzene rings is 2. The quantitative estimate of drug-likeness (QED) is 0.234. The molecule has 2 aromatic heterocycles. The normalized spacial score (nSPS) is 11.8. The van der Waals surface area contributed by atoms with Gasteiger partial charge in [-0.05, 0) is 25.5 Å². The highest BCUT2D eigenvalue weighted by molar-refractivity contribution is 7.21. The van der Waals surface area contributed by atoms with Crippen LogP contribution in [0.3, 0.4) is 0 Å². The Kier molecular flexibility index (Phi) is 7.16. The van der Waals surface area contributed by atoms with E-state index >= 15 is 0 Å². The predicted octanol–water partition coefficient (Wildman–Crippen LogP) is 7.72. The van der Waals surface area contributed by atoms with Gasteiger partial charge in [-0.25, -0.2) is 9.97 Å². The number of nitrogens with zero attached hydrogens (tertiary/aromatic N) is 2. The van der Waals surface area contributed by atoms with Crippen molar-refractivity contribution < 1.29 is 9.47 Å². The number of nitrogens with one attached hydrogen (secondary N) is 2. The second-order valence-electron chi connectivity index (χ2n) is 7.63. The number of thiazole rings is 1. The number of anilines is 3. The standard InChI is InChI=1S/C25H24Cl2N4O2S/c1-6-14(3)29-15-9-7-8-13(2)24(15)31-20-11-19-16(12-28-20)30-25(34-19)21-22(26)17(32-4)10-18(33-5)23(21)27/h6-12,14,29H,1H2,2-5H3,(H,28,31). The molecule has 176 valence electrons. The fourth-order valence-electron chi connectivity index (χ4n) is 3.47. The van der Waals surface area contributed by atoms with E-state index in [1.54, 1.807) is 26.5 Å². The van der Waals surface area contributed by atoms with Crippen LogP contribution in [0.2, 0.25) is 10.0 Å². The van der Waals surface area contributed by atoms with E-state index in [9.17, 15) is 0 Å². The zero-order valence-electron chi connectivity index (χ0n) is 19.2. The molecule has 0 aliphatic heterocycles. The van der Waals surface area contributed by atoms with Gasteiger partial charge < -0.3 is 20.1 Å². The summed E-state index contributed by atoms with van der Waals surface area (Å²) in [6, 6.07) is 9.83. The molecule has 0 fully saturated rings. The van der Waals surface area contributed by atoms with Gasteiger partial charge in [0, 0.05) is 18.2 Å². The minimum Gasteiger partial charge on any atom is -0.495 e. The molecule has 2 N–H and O–H groups in total. The Labute approximate surface area is 212 Å². The van der Waals surface area contributed by atoms with Crippen LogP contribution in [0.5, 0.6) is 11.5 Å². The Morgan fingerprint density at radius 2 is 1.82 bits per heavy atom. The molecule has 2 heterocycles. The minimum absolute atomic E-state index is 0.121. The van der Waals surface area contributed by atoms with Gasteiger partial charge in [-0.2, -0.15) is 0 Å². The van der Waals surface area contributed by atoms with Crippen molar-refractivity contribution in [1.82, 2.24) is 9.97 Å². The summed E-state index contributed by atoms with van der Waals surface area (Å²) in [5, 5.41) is 8.31. The topological polar surface area (TPSA) is 68.3 Å². The minimum atomic E-state index is 0.121. The van der Waals surface area contributed by atoms with E-state index in [2.05, 4.69) is 35.2 Å². The monoisotopic (exact) mass is 514 g/mol. The van der Waals surface area contributed by atoms with Crippen LogP contribution in [0, 0.1) is 6.92 Å². The molecule has 0 radical (unpaired) electrons. The van der Waals surface area contributed by atoms with Crippen LogP contribution >= 0.6 is 34.5 Å². The highest BCUT2D eigenvalue weighted by Gasteiger charge is 2.22. The summed E-state index contributed by atoms with van der Waals surface area (Å²) in [4.78, 5) is 9.29. The van der Waals surface area contributed by atoms with E-state index in [1.165, 1.54) is 11.3 Å². The van der Waals surface area contributed by atoms with Crippen molar-refractivity contribution in [1.29, 1.82) is 0 Å². The molecule has 0 saturated heterocycles. The summed E-state index contributed by atoms with van der Waals surface area (Å²) in [7, 11) is 3.09. The molecule has 4 aromatic rings. The lowest BCUT2D eigenvalue weighted by molar-refractivity contribution is 0.395. The first-order valence-electron chi connectivity index (χ1n) is 10.5. The fourth-order valence-corrected chi connectivity index (χ4v) is 5.29. The Bertz CT molecular complexity index is 1340. The van der Waals surface area contributed by atoms with Crippen LogP contribution in [-0.2, 0) is 0 Å². The molecule has 1 unspecified atom stereocenters. The molecule has 34 heavy (non-hydrogen) atoms. The van der Waals surface area contributed by atoms with Crippen molar-refractivity contribution in [3.8, 4) is 22.1 Å². The van der Waals surface area contributed by atoms with Crippen molar-refractivity contribution in [3.05, 3.63) is 64.8 Å². The molecule has 0 spiro atoms. The van der Waals surface area contributed by atoms with Gasteiger partial charge in [0.2, 0.25) is 0 Å². The number of methoxy groups -OCH3 is 2. The molecular formula is C25H24Cl2N4O2S. The number of pyridine rings is 1. The molecule has 4 rings (SSSR count). The van der Waals surface area contributed by atoms with Gasteiger partial charge in [0.25, 0.3) is 0 Å². The lowest BCUT2D eigenvalue weighted by Gasteiger charge is -2.18. The lowest BCUT2D eigenvalue weighted by Crippen LogP contribution is -2.13. The van der Waals surface area contributed by atoms with Crippen molar-refractivity contribution in [2.75, 3.05) is 24.9 Å². The Morgan fingerprint density at radius 1 is 1.12 bits per heavy atom. The molecule has 2 aromatic carbocycles. The van der Waals surface area contributed by atoms with Gasteiger partial charge in [-0.3, -0.25) is 0 Å². The van der Waals surface area contributed by atoms with E-state index in [4.69, 9.17) is 37.7 Å². The maximum absolute atomic E-state index is 6.59. The van der Waals surface area contributed by atoms with Crippen LogP contribution in [0.4, 0.5) is 17.2 Å². The summed E-state index contributed by atoms with van der Waals surface area (Å²) in [5.41, 5.74) is 4.33. The largest absolute Gasteiger partial charge is 0.495 e. The highest BCUT2D eigenvalue weighted by atomic mass is 35.5. The zero-order valence-corrected chi connectivity index (χ0v) is 21.5. The summed E-state index contributed by atoms with van der Waals surface area (Å²) in [5.74, 6) is 1.63. The predicted molar refractivity (Wildman–Crippen MR) is 144 cm³/mol. The first-order valence-corrected chi connectivity index (χ1v) is 12.1. The van der Waals surface area contributed by atoms with Crippen LogP contribution in [0.15, 0.2) is 49.2 Å². The lowest BCUT2D eigenvalue weighted by atomic mass is 10.1. The van der Waals surface area contributed by atoms with E-state index in [-0.39, 0.29) is 6.04 Å². The van der Waals surface area contributed by atoms with Gasteiger partial charge in [-0.15, -0.1) is 17.9 Å². The number of halogens is 2. The molecule has 0 aliphatic rings. The molecule has 0 amide bonds. The highest BCUT2D eigenvalue weighted by Crippen LogP contribution is 2.47. The van der Waals surface area contributed by atoms with Crippen molar-refractivity contribution in [2.24, 2.45) is 0 Å². The van der Waals surface area contributed by atoms with Crippen LogP contribution in [0.25, 0.3) is 20.8 Å². The SMILES string of the molecule is C=CC(C)Nc1cccc(C)c1Nc1cc2sc(-c3c(Cl)c(OC)cc(OC)c3Cl)nc2cn1. The maximum atomic E-state index is 6.59. The van der Waals surface area contributed by atoms with E-state index < -0.39 is 0 Å². The van der Waals surface area contributed by atoms with E-state index in [0.29, 0.717) is 37.9 Å². The van der Waals surface area contributed by atoms with Gasteiger partial charge in [0.1, 0.15) is 27.8 Å². The van der Waals surface area contributed by atoms with Gasteiger partial charge >= 0.3 is 0 Å². The molecule has 0 aliphatic carbocycles. The number of aryl methyl sites for hydroxylation is 1. The molecule has 6 nitrogen and oxygen atoms in total. The molecule has 0 saturated carbocycles. The average Bonchev–Trinajstić information content (AvgIpc) is 3.24. The number of ether oxygens (including phenoxy) is 2. The number of aromatic nitrogens is 2. The smallest absolute Gasteiger partial charge is 0.141 e. The van der Waals surface area contributed by atoms with Crippen LogP contribution < -0.4 is 20.1 Å². The second kappa shape index (κ2) is 10.1. The molecule has 0 bridgehead atoms. The molecule has 9 heteroatoms. The van der Waals surface area contributed by atoms with Crippen molar-refractivity contribution in [3.63, 3.8) is 0 Å². The van der Waals surface area contributed by atoms with Gasteiger partial charge in [-0.1, -0.05) is 41.4 Å². The third kappa shape index (κ3) is 4.64. The zero-order chi connectivity index (χ0) is 24.4. The summed E-state index contributed by atoms with van der Waals surface area (Å²) in [6.07, 6.45) is 3.59. The Hall–Kier alpha value is -3.00. The van der Waals surface area contributed by atoms with Gasteiger partial charge in [0.05, 0.1) is 52.1 Å². The third-order valence-electron chi connectivity index (χ3n) is 5.32. The fraction of sp³-hybridized carbons (Fsp3) is 0.200. The van der Waals surface area contributed by atoms with Crippen molar-refractivity contribution in [2.45, 2.75) is 19.9 Å². The molecule has 1 atom stereocenters. The third-order valence-corrected chi connectivity index (χ3v) is 7.11. The van der Waals surface area contributed by atoms with Gasteiger partial charge in [0.15, 0.2) is 0 Å². The second-order valence-corrected chi connectivity index (χ2v) is 9.42. The first-order chi connectivity index (χ1) is 16.4. The maximum Gasteiger partial charge on any atom is 0.141 e. The van der Waals surface area contributed by atoms with Crippen LogP contribution in [0.1, 0.15) is 12.5 Å². The number of para-hydroxylation sites is 1. The van der Waals surface area contributed by atoms with E-state index in [1.807, 2.05) is 31.2 Å². The summed E-state index contributed by atoms with van der Waals surface area (Å²) >= 11 is 14.6. The summed E-state index contributed by atoms with van der Waals surface area (Å²) < 4.78 is 11.7. The Morgan fingerprint density at radius 3 is 2.47 bits per heavy atom. The number of rotatable bonds is 8. The Balaban J connectivity index is 1.74. The summed E-state index contributed by atoms with van der Waals surface area (Å²) in [6.45, 7) is 7.95. The number of fused-ring (bicyclic) bond motifs is 1. The van der Waals surface area contributed by atoms with E-state index in [0.717, 1.165) is 27.2 Å².